The molecule has 1 unspecified atom stereocenters. The average Bonchev–Trinajstić information content (AvgIpc) is 3.37. The molecule has 2 aromatic heterocycles. The number of hydrogen-bond acceptors (Lipinski definition) is 11. The number of benzene rings is 1. The van der Waals surface area contributed by atoms with Crippen molar-refractivity contribution in [1.29, 1.82) is 0 Å². The molecule has 0 aliphatic carbocycles. The lowest BCUT2D eigenvalue weighted by atomic mass is 10.1. The molecule has 3 aliphatic heterocycles. The fourth-order valence-electron chi connectivity index (χ4n) is 4.99. The summed E-state index contributed by atoms with van der Waals surface area (Å²) in [6, 6.07) is 6.21. The number of hydrogen-bond donors (Lipinski definition) is 2. The van der Waals surface area contributed by atoms with E-state index in [9.17, 15) is 4.55 Å². The largest absolute Gasteiger partial charge is 0.378 e. The van der Waals surface area contributed by atoms with Gasteiger partial charge in [-0.3, -0.25) is 0 Å². The summed E-state index contributed by atoms with van der Waals surface area (Å²) in [5, 5.41) is 0. The zero-order valence-corrected chi connectivity index (χ0v) is 21.7. The van der Waals surface area contributed by atoms with E-state index in [0.29, 0.717) is 32.4 Å². The van der Waals surface area contributed by atoms with Crippen LogP contribution in [-0.2, 0) is 27.3 Å². The van der Waals surface area contributed by atoms with Gasteiger partial charge in [0.2, 0.25) is 16.8 Å². The molecule has 1 atom stereocenters. The SMILES string of the molecule is Cc1cc([S+](O)N2CCOCC2)ccc1N1CCc2c(-c3cnc(N)nc3)nc(N3CCOCC3)nc21. The Morgan fingerprint density at radius 3 is 2.35 bits per heavy atom. The predicted octanol–water partition coefficient (Wildman–Crippen LogP) is 2.05. The molecule has 6 rings (SSSR count). The molecule has 0 saturated carbocycles. The van der Waals surface area contributed by atoms with Gasteiger partial charge in [-0.25, -0.2) is 15.0 Å². The second kappa shape index (κ2) is 10.4. The first-order chi connectivity index (χ1) is 18.1. The normalized spacial score (nSPS) is 19.2. The minimum absolute atomic E-state index is 0.236. The Morgan fingerprint density at radius 2 is 1.65 bits per heavy atom. The quantitative estimate of drug-likeness (QED) is 0.477. The number of morpholine rings is 2. The van der Waals surface area contributed by atoms with Crippen LogP contribution in [0.4, 0.5) is 23.4 Å². The second-order valence-corrected chi connectivity index (χ2v) is 10.8. The third-order valence-electron chi connectivity index (χ3n) is 6.94. The van der Waals surface area contributed by atoms with Crippen molar-refractivity contribution in [3.8, 4) is 11.3 Å². The Bertz CT molecular complexity index is 1270. The highest BCUT2D eigenvalue weighted by Crippen LogP contribution is 2.40. The Morgan fingerprint density at radius 1 is 0.946 bits per heavy atom. The van der Waals surface area contributed by atoms with Crippen LogP contribution in [0.25, 0.3) is 11.3 Å². The summed E-state index contributed by atoms with van der Waals surface area (Å²) in [4.78, 5) is 23.8. The summed E-state index contributed by atoms with van der Waals surface area (Å²) < 4.78 is 24.0. The molecule has 3 aliphatic rings. The van der Waals surface area contributed by atoms with E-state index in [-0.39, 0.29) is 5.95 Å². The van der Waals surface area contributed by atoms with Gasteiger partial charge in [-0.1, -0.05) is 4.31 Å². The van der Waals surface area contributed by atoms with Gasteiger partial charge in [-0.2, -0.15) is 9.54 Å². The molecule has 3 aromatic rings. The molecule has 0 bridgehead atoms. The standard InChI is InChI=1S/C25H31N8O3S/c1-17-14-19(37(34)32-8-12-36-13-9-32)2-3-21(17)33-5-4-20-22(18-15-27-24(26)28-16-18)29-25(30-23(20)33)31-6-10-35-11-7-31/h2-3,14-16,34H,4-13H2,1H3,(H2,26,27,28)/q+1. The minimum atomic E-state index is -0.956. The zero-order valence-electron chi connectivity index (χ0n) is 20.8. The molecule has 11 nitrogen and oxygen atoms in total. The highest BCUT2D eigenvalue weighted by atomic mass is 32.2. The lowest BCUT2D eigenvalue weighted by molar-refractivity contribution is 0.0733. The number of nitrogens with two attached hydrogens (primary N) is 1. The number of aromatic nitrogens is 4. The van der Waals surface area contributed by atoms with Gasteiger partial charge in [0, 0.05) is 61.0 Å². The summed E-state index contributed by atoms with van der Waals surface area (Å²) >= 11 is -0.956. The molecule has 2 fully saturated rings. The Hall–Kier alpha value is -3.03. The molecule has 1 aromatic carbocycles. The summed E-state index contributed by atoms with van der Waals surface area (Å²) in [5.74, 6) is 1.81. The number of rotatable bonds is 5. The van der Waals surface area contributed by atoms with Crippen molar-refractivity contribution in [3.05, 3.63) is 41.7 Å². The Labute approximate surface area is 218 Å². The maximum atomic E-state index is 11.0. The second-order valence-electron chi connectivity index (χ2n) is 9.26. The zero-order chi connectivity index (χ0) is 25.4. The number of ether oxygens (including phenoxy) is 2. The molecule has 0 amide bonds. The van der Waals surface area contributed by atoms with E-state index < -0.39 is 11.4 Å². The number of fused-ring (bicyclic) bond motifs is 1. The van der Waals surface area contributed by atoms with Gasteiger partial charge in [0.25, 0.3) is 11.4 Å². The van der Waals surface area contributed by atoms with E-state index in [4.69, 9.17) is 25.2 Å². The first-order valence-corrected chi connectivity index (χ1v) is 13.7. The van der Waals surface area contributed by atoms with Crippen LogP contribution in [0, 0.1) is 6.92 Å². The van der Waals surface area contributed by atoms with Crippen LogP contribution in [0.2, 0.25) is 0 Å². The fraction of sp³-hybridized carbons (Fsp3) is 0.440. The smallest absolute Gasteiger partial charge is 0.278 e. The topological polar surface area (TPSA) is 126 Å². The lowest BCUT2D eigenvalue weighted by Gasteiger charge is -2.28. The summed E-state index contributed by atoms with van der Waals surface area (Å²) in [6.45, 7) is 8.43. The molecular weight excluding hydrogens is 492 g/mol. The Balaban J connectivity index is 1.37. The molecule has 37 heavy (non-hydrogen) atoms. The van der Waals surface area contributed by atoms with Crippen LogP contribution >= 0.6 is 0 Å². The molecule has 5 heterocycles. The van der Waals surface area contributed by atoms with Crippen LogP contribution in [-0.4, -0.2) is 87.9 Å². The summed E-state index contributed by atoms with van der Waals surface area (Å²) in [6.07, 6.45) is 4.26. The van der Waals surface area contributed by atoms with Gasteiger partial charge in [0.15, 0.2) is 0 Å². The molecule has 2 saturated heterocycles. The van der Waals surface area contributed by atoms with E-state index in [1.807, 2.05) is 6.07 Å². The first kappa shape index (κ1) is 24.3. The first-order valence-electron chi connectivity index (χ1n) is 12.5. The van der Waals surface area contributed by atoms with Crippen molar-refractivity contribution in [3.63, 3.8) is 0 Å². The Kier molecular flexibility index (Phi) is 6.82. The number of anilines is 4. The third-order valence-corrected chi connectivity index (χ3v) is 8.47. The van der Waals surface area contributed by atoms with Crippen molar-refractivity contribution >= 4 is 34.8 Å². The third kappa shape index (κ3) is 4.82. The van der Waals surface area contributed by atoms with E-state index in [1.165, 1.54) is 0 Å². The van der Waals surface area contributed by atoms with Crippen LogP contribution in [0.15, 0.2) is 35.5 Å². The predicted molar refractivity (Wildman–Crippen MR) is 143 cm³/mol. The van der Waals surface area contributed by atoms with E-state index in [1.54, 1.807) is 12.4 Å². The van der Waals surface area contributed by atoms with Crippen molar-refractivity contribution in [2.75, 3.05) is 74.7 Å². The molecule has 194 valence electrons. The van der Waals surface area contributed by atoms with Crippen molar-refractivity contribution < 1.29 is 14.0 Å². The van der Waals surface area contributed by atoms with Crippen LogP contribution in [0.5, 0.6) is 0 Å². The lowest BCUT2D eigenvalue weighted by Crippen LogP contribution is -2.40. The maximum absolute atomic E-state index is 11.0. The highest BCUT2D eigenvalue weighted by molar-refractivity contribution is 7.89. The van der Waals surface area contributed by atoms with E-state index >= 15 is 0 Å². The molecule has 0 spiro atoms. The number of nitrogens with zero attached hydrogens (tertiary/aromatic N) is 7. The van der Waals surface area contributed by atoms with E-state index in [2.05, 4.69) is 43.1 Å². The van der Waals surface area contributed by atoms with Crippen molar-refractivity contribution in [2.45, 2.75) is 18.2 Å². The average molecular weight is 524 g/mol. The van der Waals surface area contributed by atoms with Gasteiger partial charge < -0.3 is 25.0 Å². The van der Waals surface area contributed by atoms with Crippen LogP contribution < -0.4 is 15.5 Å². The molecule has 12 heteroatoms. The monoisotopic (exact) mass is 523 g/mol. The number of aryl methyl sites for hydroxylation is 1. The van der Waals surface area contributed by atoms with Crippen LogP contribution in [0.3, 0.4) is 0 Å². The molecule has 0 radical (unpaired) electrons. The highest BCUT2D eigenvalue weighted by Gasteiger charge is 2.34. The molecular formula is C25H31N8O3S+. The van der Waals surface area contributed by atoms with Crippen molar-refractivity contribution in [2.24, 2.45) is 0 Å². The van der Waals surface area contributed by atoms with Gasteiger partial charge in [-0.15, -0.1) is 0 Å². The van der Waals surface area contributed by atoms with Crippen LogP contribution in [0.1, 0.15) is 11.1 Å². The number of nitrogen functional groups attached to an aromatic ring is 1. The van der Waals surface area contributed by atoms with Gasteiger partial charge in [0.1, 0.15) is 5.82 Å². The molecule has 3 N–H and O–H groups in total. The van der Waals surface area contributed by atoms with Gasteiger partial charge in [0.05, 0.1) is 45.2 Å². The van der Waals surface area contributed by atoms with E-state index in [0.717, 1.165) is 77.9 Å². The maximum Gasteiger partial charge on any atom is 0.278 e. The van der Waals surface area contributed by atoms with Crippen molar-refractivity contribution in [1.82, 2.24) is 24.2 Å². The minimum Gasteiger partial charge on any atom is -0.378 e. The fourth-order valence-corrected chi connectivity index (χ4v) is 6.26. The van der Waals surface area contributed by atoms with Gasteiger partial charge in [-0.05, 0) is 25.0 Å². The summed E-state index contributed by atoms with van der Waals surface area (Å²) in [7, 11) is 0. The van der Waals surface area contributed by atoms with Gasteiger partial charge >= 0.3 is 0 Å². The summed E-state index contributed by atoms with van der Waals surface area (Å²) in [5.41, 5.74) is 10.7.